The Kier molecular flexibility index (Phi) is 2.44. The van der Waals surface area contributed by atoms with Gasteiger partial charge in [0.2, 0.25) is 0 Å². The zero-order chi connectivity index (χ0) is 8.27. The third kappa shape index (κ3) is 1.68. The quantitative estimate of drug-likeness (QED) is 0.391. The second kappa shape index (κ2) is 3.34. The van der Waals surface area contributed by atoms with Crippen molar-refractivity contribution in [2.75, 3.05) is 0 Å². The van der Waals surface area contributed by atoms with E-state index in [0.29, 0.717) is 5.02 Å². The molecule has 0 aliphatic rings. The van der Waals surface area contributed by atoms with Crippen LogP contribution in [0.15, 0.2) is 23.3 Å². The fourth-order valence-corrected chi connectivity index (χ4v) is 0.920. The molecule has 11 heavy (non-hydrogen) atoms. The van der Waals surface area contributed by atoms with E-state index in [1.165, 1.54) is 18.3 Å². The lowest BCUT2D eigenvalue weighted by Gasteiger charge is -1.96. The highest BCUT2D eigenvalue weighted by Crippen LogP contribution is 2.16. The molecule has 2 N–H and O–H groups in total. The molecular weight excluding hydrogens is 167 g/mol. The molecule has 0 bridgehead atoms. The minimum atomic E-state index is -0.424. The molecule has 0 aromatic heterocycles. The number of nitrogens with two attached hydrogens (primary N) is 1. The molecule has 0 aliphatic heterocycles. The monoisotopic (exact) mass is 172 g/mol. The second-order valence-corrected chi connectivity index (χ2v) is 2.32. The van der Waals surface area contributed by atoms with Gasteiger partial charge in [0.1, 0.15) is 5.82 Å². The molecule has 1 aromatic carbocycles. The van der Waals surface area contributed by atoms with Gasteiger partial charge in [-0.25, -0.2) is 4.39 Å². The van der Waals surface area contributed by atoms with E-state index < -0.39 is 5.82 Å². The van der Waals surface area contributed by atoms with Crippen molar-refractivity contribution < 1.29 is 4.39 Å². The minimum absolute atomic E-state index is 0.219. The third-order valence-electron chi connectivity index (χ3n) is 1.20. The first-order valence-corrected chi connectivity index (χ1v) is 3.31. The van der Waals surface area contributed by atoms with Crippen molar-refractivity contribution in [1.29, 1.82) is 0 Å². The second-order valence-electron chi connectivity index (χ2n) is 1.91. The first-order chi connectivity index (χ1) is 5.25. The van der Waals surface area contributed by atoms with Crippen molar-refractivity contribution in [1.82, 2.24) is 0 Å². The van der Waals surface area contributed by atoms with Gasteiger partial charge in [0.25, 0.3) is 0 Å². The third-order valence-corrected chi connectivity index (χ3v) is 1.53. The number of hydrogen-bond donors (Lipinski definition) is 1. The fourth-order valence-electron chi connectivity index (χ4n) is 0.709. The van der Waals surface area contributed by atoms with E-state index in [2.05, 4.69) is 5.10 Å². The molecule has 0 aliphatic carbocycles. The van der Waals surface area contributed by atoms with Gasteiger partial charge >= 0.3 is 0 Å². The van der Waals surface area contributed by atoms with Crippen molar-refractivity contribution >= 4 is 17.8 Å². The summed E-state index contributed by atoms with van der Waals surface area (Å²) in [5.41, 5.74) is 0.219. The Hall–Kier alpha value is -1.09. The van der Waals surface area contributed by atoms with Gasteiger partial charge in [-0.2, -0.15) is 5.10 Å². The molecule has 0 atom stereocenters. The standard InChI is InChI=1S/C7H6ClFN2/c8-6-2-1-3-7(9)5(6)4-11-10/h1-4H,10H2/b11-4+. The zero-order valence-corrected chi connectivity index (χ0v) is 6.35. The van der Waals surface area contributed by atoms with Crippen molar-refractivity contribution in [2.24, 2.45) is 10.9 Å². The highest BCUT2D eigenvalue weighted by atomic mass is 35.5. The van der Waals surface area contributed by atoms with Crippen LogP contribution < -0.4 is 5.84 Å². The molecule has 1 aromatic rings. The van der Waals surface area contributed by atoms with Gasteiger partial charge in [-0.3, -0.25) is 0 Å². The number of benzene rings is 1. The predicted octanol–water partition coefficient (Wildman–Crippen LogP) is 1.77. The molecule has 0 unspecified atom stereocenters. The topological polar surface area (TPSA) is 38.4 Å². The summed E-state index contributed by atoms with van der Waals surface area (Å²) in [6.45, 7) is 0. The van der Waals surface area contributed by atoms with Gasteiger partial charge in [-0.1, -0.05) is 17.7 Å². The van der Waals surface area contributed by atoms with E-state index in [-0.39, 0.29) is 5.56 Å². The Balaban J connectivity index is 3.20. The van der Waals surface area contributed by atoms with Gasteiger partial charge < -0.3 is 5.84 Å². The van der Waals surface area contributed by atoms with Crippen LogP contribution in [-0.4, -0.2) is 6.21 Å². The summed E-state index contributed by atoms with van der Waals surface area (Å²) in [4.78, 5) is 0. The molecule has 0 fully saturated rings. The van der Waals surface area contributed by atoms with Crippen LogP contribution in [0, 0.1) is 5.82 Å². The van der Waals surface area contributed by atoms with Crippen LogP contribution in [0.4, 0.5) is 4.39 Å². The van der Waals surface area contributed by atoms with E-state index in [1.54, 1.807) is 6.07 Å². The number of rotatable bonds is 1. The van der Waals surface area contributed by atoms with Crippen LogP contribution in [0.1, 0.15) is 5.56 Å². The molecular formula is C7H6ClFN2. The largest absolute Gasteiger partial charge is 0.323 e. The van der Waals surface area contributed by atoms with E-state index in [1.807, 2.05) is 0 Å². The Morgan fingerprint density at radius 3 is 2.82 bits per heavy atom. The van der Waals surface area contributed by atoms with Crippen LogP contribution in [0.5, 0.6) is 0 Å². The summed E-state index contributed by atoms with van der Waals surface area (Å²) in [5.74, 6) is 4.42. The minimum Gasteiger partial charge on any atom is -0.323 e. The van der Waals surface area contributed by atoms with Crippen molar-refractivity contribution in [3.63, 3.8) is 0 Å². The smallest absolute Gasteiger partial charge is 0.133 e. The van der Waals surface area contributed by atoms with E-state index in [9.17, 15) is 4.39 Å². The molecule has 0 saturated carbocycles. The van der Waals surface area contributed by atoms with E-state index >= 15 is 0 Å². The highest BCUT2D eigenvalue weighted by Gasteiger charge is 2.02. The highest BCUT2D eigenvalue weighted by molar-refractivity contribution is 6.33. The fraction of sp³-hybridized carbons (Fsp3) is 0. The number of nitrogens with zero attached hydrogens (tertiary/aromatic N) is 1. The van der Waals surface area contributed by atoms with E-state index in [0.717, 1.165) is 0 Å². The Labute approximate surface area is 68.5 Å². The summed E-state index contributed by atoms with van der Waals surface area (Å²) in [5, 5.41) is 3.48. The summed E-state index contributed by atoms with van der Waals surface area (Å²) < 4.78 is 12.8. The summed E-state index contributed by atoms with van der Waals surface area (Å²) in [7, 11) is 0. The van der Waals surface area contributed by atoms with Crippen LogP contribution in [0.25, 0.3) is 0 Å². The van der Waals surface area contributed by atoms with Crippen molar-refractivity contribution in [3.05, 3.63) is 34.6 Å². The number of halogens is 2. The van der Waals surface area contributed by atoms with Gasteiger partial charge in [0.15, 0.2) is 0 Å². The summed E-state index contributed by atoms with van der Waals surface area (Å²) in [6.07, 6.45) is 1.18. The Morgan fingerprint density at radius 1 is 1.55 bits per heavy atom. The van der Waals surface area contributed by atoms with Crippen LogP contribution in [0.2, 0.25) is 5.02 Å². The van der Waals surface area contributed by atoms with Gasteiger partial charge in [0.05, 0.1) is 11.2 Å². The SMILES string of the molecule is N/N=C/c1c(F)cccc1Cl. The van der Waals surface area contributed by atoms with Crippen LogP contribution in [-0.2, 0) is 0 Å². The van der Waals surface area contributed by atoms with Crippen LogP contribution >= 0.6 is 11.6 Å². The average molecular weight is 173 g/mol. The first kappa shape index (κ1) is 8.01. The maximum Gasteiger partial charge on any atom is 0.133 e. The average Bonchev–Trinajstić information content (AvgIpc) is 1.97. The van der Waals surface area contributed by atoms with Gasteiger partial charge in [-0.15, -0.1) is 0 Å². The normalized spacial score (nSPS) is 10.7. The Bertz CT molecular complexity index is 266. The predicted molar refractivity (Wildman–Crippen MR) is 43.2 cm³/mol. The summed E-state index contributed by atoms with van der Waals surface area (Å²) in [6, 6.07) is 4.38. The molecule has 0 spiro atoms. The van der Waals surface area contributed by atoms with Crippen LogP contribution in [0.3, 0.4) is 0 Å². The van der Waals surface area contributed by atoms with E-state index in [4.69, 9.17) is 17.4 Å². The van der Waals surface area contributed by atoms with Gasteiger partial charge in [0, 0.05) is 5.56 Å². The first-order valence-electron chi connectivity index (χ1n) is 2.93. The molecule has 0 amide bonds. The Morgan fingerprint density at radius 2 is 2.27 bits per heavy atom. The van der Waals surface area contributed by atoms with Crippen molar-refractivity contribution in [3.8, 4) is 0 Å². The lowest BCUT2D eigenvalue weighted by Crippen LogP contribution is -1.91. The molecule has 4 heteroatoms. The molecule has 58 valence electrons. The van der Waals surface area contributed by atoms with Crippen molar-refractivity contribution in [2.45, 2.75) is 0 Å². The lowest BCUT2D eigenvalue weighted by molar-refractivity contribution is 0.626. The summed E-state index contributed by atoms with van der Waals surface area (Å²) >= 11 is 5.62. The van der Waals surface area contributed by atoms with Gasteiger partial charge in [-0.05, 0) is 12.1 Å². The molecule has 0 saturated heterocycles. The number of hydrazone groups is 1. The zero-order valence-electron chi connectivity index (χ0n) is 5.59. The maximum atomic E-state index is 12.8. The molecule has 0 heterocycles. The molecule has 1 rings (SSSR count). The maximum absolute atomic E-state index is 12.8. The lowest BCUT2D eigenvalue weighted by atomic mass is 10.2. The molecule has 2 nitrogen and oxygen atoms in total. The molecule has 0 radical (unpaired) electrons. The number of hydrogen-bond acceptors (Lipinski definition) is 2.